The van der Waals surface area contributed by atoms with Crippen LogP contribution in [-0.4, -0.2) is 21.5 Å². The zero-order chi connectivity index (χ0) is 12.3. The lowest BCUT2D eigenvalue weighted by Crippen LogP contribution is -2.16. The minimum absolute atomic E-state index is 0.0652. The predicted molar refractivity (Wildman–Crippen MR) is 58.7 cm³/mol. The Hall–Kier alpha value is -1.82. The second-order valence-electron chi connectivity index (χ2n) is 3.49. The highest BCUT2D eigenvalue weighted by molar-refractivity contribution is 5.34. The third kappa shape index (κ3) is 2.31. The van der Waals surface area contributed by atoms with E-state index >= 15 is 0 Å². The minimum Gasteiger partial charge on any atom is -0.311 e. The Morgan fingerprint density at radius 2 is 2.18 bits per heavy atom. The molecule has 4 nitrogen and oxygen atoms in total. The monoisotopic (exact) mass is 238 g/mol. The molecule has 90 valence electrons. The molecule has 0 radical (unpaired) electrons. The van der Waals surface area contributed by atoms with Crippen LogP contribution >= 0.6 is 0 Å². The Balaban J connectivity index is 2.39. The molecule has 0 amide bonds. The van der Waals surface area contributed by atoms with Gasteiger partial charge in [-0.3, -0.25) is 0 Å². The van der Waals surface area contributed by atoms with E-state index in [0.717, 1.165) is 12.6 Å². The van der Waals surface area contributed by atoms with Gasteiger partial charge in [0.1, 0.15) is 5.69 Å². The summed E-state index contributed by atoms with van der Waals surface area (Å²) in [6, 6.07) is 3.97. The highest BCUT2D eigenvalue weighted by atomic mass is 19.2. The second kappa shape index (κ2) is 5.01. The van der Waals surface area contributed by atoms with Crippen molar-refractivity contribution in [3.63, 3.8) is 0 Å². The Bertz CT molecular complexity index is 510. The van der Waals surface area contributed by atoms with Gasteiger partial charge in [0.2, 0.25) is 0 Å². The molecule has 6 heteroatoms. The lowest BCUT2D eigenvalue weighted by atomic mass is 10.3. The molecular formula is C11H12F2N4. The third-order valence-electron chi connectivity index (χ3n) is 2.34. The summed E-state index contributed by atoms with van der Waals surface area (Å²) in [6.45, 7) is 3.23. The molecule has 0 atom stereocenters. The first-order chi connectivity index (χ1) is 8.24. The molecule has 1 N–H and O–H groups in total. The minimum atomic E-state index is -0.921. The van der Waals surface area contributed by atoms with Crippen molar-refractivity contribution in [1.82, 2.24) is 20.3 Å². The molecule has 0 unspecified atom stereocenters. The fourth-order valence-corrected chi connectivity index (χ4v) is 1.49. The van der Waals surface area contributed by atoms with E-state index in [9.17, 15) is 8.78 Å². The average molecular weight is 238 g/mol. The number of aromatic nitrogens is 3. The van der Waals surface area contributed by atoms with Gasteiger partial charge in [0.15, 0.2) is 11.6 Å². The Labute approximate surface area is 97.3 Å². The SMILES string of the molecule is CCNCc1cnnn1-c1cccc(F)c1F. The quantitative estimate of drug-likeness (QED) is 0.880. The van der Waals surface area contributed by atoms with Crippen molar-refractivity contribution in [1.29, 1.82) is 0 Å². The van der Waals surface area contributed by atoms with Crippen molar-refractivity contribution in [3.8, 4) is 5.69 Å². The summed E-state index contributed by atoms with van der Waals surface area (Å²) < 4.78 is 28.0. The molecule has 17 heavy (non-hydrogen) atoms. The van der Waals surface area contributed by atoms with Gasteiger partial charge in [-0.15, -0.1) is 5.10 Å². The molecule has 0 spiro atoms. The summed E-state index contributed by atoms with van der Waals surface area (Å²) in [4.78, 5) is 0. The third-order valence-corrected chi connectivity index (χ3v) is 2.34. The zero-order valence-electron chi connectivity index (χ0n) is 9.32. The molecule has 1 aromatic carbocycles. The molecule has 0 aliphatic rings. The van der Waals surface area contributed by atoms with E-state index in [2.05, 4.69) is 15.6 Å². The maximum atomic E-state index is 13.6. The number of nitrogens with one attached hydrogen (secondary N) is 1. The zero-order valence-corrected chi connectivity index (χ0v) is 9.32. The van der Waals surface area contributed by atoms with E-state index in [1.807, 2.05) is 6.92 Å². The summed E-state index contributed by atoms with van der Waals surface area (Å²) in [5.74, 6) is -1.82. The fourth-order valence-electron chi connectivity index (χ4n) is 1.49. The van der Waals surface area contributed by atoms with Crippen LogP contribution in [0.3, 0.4) is 0 Å². The fraction of sp³-hybridized carbons (Fsp3) is 0.273. The molecule has 2 rings (SSSR count). The van der Waals surface area contributed by atoms with E-state index in [4.69, 9.17) is 0 Å². The predicted octanol–water partition coefficient (Wildman–Crippen LogP) is 1.65. The summed E-state index contributed by atoms with van der Waals surface area (Å²) >= 11 is 0. The Morgan fingerprint density at radius 3 is 2.94 bits per heavy atom. The molecule has 1 heterocycles. The summed E-state index contributed by atoms with van der Waals surface area (Å²) in [5.41, 5.74) is 0.742. The van der Waals surface area contributed by atoms with Crippen LogP contribution in [0.4, 0.5) is 8.78 Å². The number of benzene rings is 1. The van der Waals surface area contributed by atoms with Crippen molar-refractivity contribution >= 4 is 0 Å². The highest BCUT2D eigenvalue weighted by Crippen LogP contribution is 2.16. The molecule has 0 fully saturated rings. The standard InChI is InChI=1S/C11H12F2N4/c1-2-14-6-8-7-15-16-17(8)10-5-3-4-9(12)11(10)13/h3-5,7,14H,2,6H2,1H3. The van der Waals surface area contributed by atoms with E-state index in [1.54, 1.807) is 0 Å². The maximum absolute atomic E-state index is 13.6. The molecule has 2 aromatic rings. The smallest absolute Gasteiger partial charge is 0.184 e. The van der Waals surface area contributed by atoms with Crippen molar-refractivity contribution in [3.05, 3.63) is 41.7 Å². The summed E-state index contributed by atoms with van der Waals surface area (Å²) in [5, 5.41) is 10.5. The molecule has 1 aromatic heterocycles. The Kier molecular flexibility index (Phi) is 3.43. The first kappa shape index (κ1) is 11.7. The first-order valence-electron chi connectivity index (χ1n) is 5.28. The van der Waals surface area contributed by atoms with Gasteiger partial charge in [0.05, 0.1) is 11.9 Å². The summed E-state index contributed by atoms with van der Waals surface area (Å²) in [7, 11) is 0. The van der Waals surface area contributed by atoms with Gasteiger partial charge in [0, 0.05) is 6.54 Å². The van der Waals surface area contributed by atoms with Crippen LogP contribution in [0, 0.1) is 11.6 Å². The van der Waals surface area contributed by atoms with Gasteiger partial charge in [-0.05, 0) is 18.7 Å². The highest BCUT2D eigenvalue weighted by Gasteiger charge is 2.13. The largest absolute Gasteiger partial charge is 0.311 e. The number of rotatable bonds is 4. The van der Waals surface area contributed by atoms with Crippen molar-refractivity contribution < 1.29 is 8.78 Å². The van der Waals surface area contributed by atoms with E-state index < -0.39 is 11.6 Å². The number of hydrogen-bond acceptors (Lipinski definition) is 3. The first-order valence-corrected chi connectivity index (χ1v) is 5.28. The van der Waals surface area contributed by atoms with Crippen LogP contribution < -0.4 is 5.32 Å². The van der Waals surface area contributed by atoms with Gasteiger partial charge < -0.3 is 5.32 Å². The molecule has 0 aliphatic heterocycles. The number of halogens is 2. The molecular weight excluding hydrogens is 226 g/mol. The van der Waals surface area contributed by atoms with Crippen molar-refractivity contribution in [2.75, 3.05) is 6.54 Å². The molecule has 0 bridgehead atoms. The van der Waals surface area contributed by atoms with E-state index in [1.165, 1.54) is 23.0 Å². The maximum Gasteiger partial charge on any atom is 0.184 e. The second-order valence-corrected chi connectivity index (χ2v) is 3.49. The van der Waals surface area contributed by atoms with Gasteiger partial charge in [-0.2, -0.15) is 0 Å². The van der Waals surface area contributed by atoms with Crippen LogP contribution in [-0.2, 0) is 6.54 Å². The van der Waals surface area contributed by atoms with E-state index in [-0.39, 0.29) is 5.69 Å². The van der Waals surface area contributed by atoms with Gasteiger partial charge in [0.25, 0.3) is 0 Å². The van der Waals surface area contributed by atoms with Gasteiger partial charge in [-0.1, -0.05) is 18.2 Å². The van der Waals surface area contributed by atoms with E-state index in [0.29, 0.717) is 12.2 Å². The number of hydrogen-bond donors (Lipinski definition) is 1. The van der Waals surface area contributed by atoms with Gasteiger partial charge >= 0.3 is 0 Å². The van der Waals surface area contributed by atoms with Crippen LogP contribution in [0.5, 0.6) is 0 Å². The number of nitrogens with zero attached hydrogens (tertiary/aromatic N) is 3. The van der Waals surface area contributed by atoms with Crippen molar-refractivity contribution in [2.24, 2.45) is 0 Å². The summed E-state index contributed by atoms with van der Waals surface area (Å²) in [6.07, 6.45) is 1.52. The average Bonchev–Trinajstić information content (AvgIpc) is 2.78. The van der Waals surface area contributed by atoms with Crippen molar-refractivity contribution in [2.45, 2.75) is 13.5 Å². The molecule has 0 saturated carbocycles. The van der Waals surface area contributed by atoms with Crippen LogP contribution in [0.25, 0.3) is 5.69 Å². The van der Waals surface area contributed by atoms with Crippen LogP contribution in [0.1, 0.15) is 12.6 Å². The van der Waals surface area contributed by atoms with Crippen LogP contribution in [0.15, 0.2) is 24.4 Å². The Morgan fingerprint density at radius 1 is 1.35 bits per heavy atom. The lowest BCUT2D eigenvalue weighted by Gasteiger charge is -2.07. The lowest BCUT2D eigenvalue weighted by molar-refractivity contribution is 0.498. The molecule has 0 aliphatic carbocycles. The molecule has 0 saturated heterocycles. The normalized spacial score (nSPS) is 10.8. The topological polar surface area (TPSA) is 42.7 Å². The van der Waals surface area contributed by atoms with Crippen LogP contribution in [0.2, 0.25) is 0 Å². The van der Waals surface area contributed by atoms with Gasteiger partial charge in [-0.25, -0.2) is 13.5 Å².